The lowest BCUT2D eigenvalue weighted by molar-refractivity contribution is -0.141. The van der Waals surface area contributed by atoms with E-state index in [1.165, 1.54) is 12.3 Å². The first kappa shape index (κ1) is 17.3. The van der Waals surface area contributed by atoms with Crippen LogP contribution >= 0.6 is 23.2 Å². The van der Waals surface area contributed by atoms with E-state index in [9.17, 15) is 14.7 Å². The fourth-order valence-corrected chi connectivity index (χ4v) is 2.15. The normalized spacial score (nSPS) is 11.9. The van der Waals surface area contributed by atoms with Crippen molar-refractivity contribution in [1.29, 1.82) is 0 Å². The number of furan rings is 1. The van der Waals surface area contributed by atoms with Crippen LogP contribution in [0.4, 0.5) is 5.69 Å². The van der Waals surface area contributed by atoms with Gasteiger partial charge in [-0.25, -0.2) is 0 Å². The van der Waals surface area contributed by atoms with Crippen molar-refractivity contribution in [3.63, 3.8) is 0 Å². The third-order valence-electron chi connectivity index (χ3n) is 2.99. The van der Waals surface area contributed by atoms with Gasteiger partial charge in [-0.2, -0.15) is 0 Å². The number of hydrogen-bond donors (Lipinski definition) is 3. The van der Waals surface area contributed by atoms with Gasteiger partial charge in [0, 0.05) is 5.69 Å². The average molecular weight is 357 g/mol. The van der Waals surface area contributed by atoms with Crippen molar-refractivity contribution in [2.75, 3.05) is 5.32 Å². The molecule has 1 amide bonds. The first-order valence-electron chi connectivity index (χ1n) is 6.69. The Hall–Kier alpha value is -2.02. The molecule has 2 aromatic rings. The average Bonchev–Trinajstić information content (AvgIpc) is 3.00. The van der Waals surface area contributed by atoms with Crippen molar-refractivity contribution in [3.05, 3.63) is 52.4 Å². The minimum absolute atomic E-state index is 0.212. The maximum Gasteiger partial charge on any atom is 0.321 e. The molecule has 0 radical (unpaired) electrons. The van der Waals surface area contributed by atoms with Gasteiger partial charge < -0.3 is 14.8 Å². The second kappa shape index (κ2) is 8.01. The van der Waals surface area contributed by atoms with E-state index in [-0.39, 0.29) is 13.0 Å². The largest absolute Gasteiger partial charge is 0.480 e. The number of amides is 1. The minimum atomic E-state index is -1.12. The van der Waals surface area contributed by atoms with Crippen LogP contribution in [0.2, 0.25) is 10.0 Å². The van der Waals surface area contributed by atoms with Crippen LogP contribution in [-0.4, -0.2) is 23.0 Å². The van der Waals surface area contributed by atoms with Crippen LogP contribution in [0.5, 0.6) is 0 Å². The number of hydrogen-bond acceptors (Lipinski definition) is 4. The summed E-state index contributed by atoms with van der Waals surface area (Å²) in [6.45, 7) is 0.212. The Labute approximate surface area is 142 Å². The molecule has 23 heavy (non-hydrogen) atoms. The molecular formula is C15H14Cl2N2O4. The molecule has 1 unspecified atom stereocenters. The van der Waals surface area contributed by atoms with E-state index >= 15 is 0 Å². The summed E-state index contributed by atoms with van der Waals surface area (Å²) in [5.74, 6) is -0.996. The Balaban J connectivity index is 1.91. The Kier molecular flexibility index (Phi) is 6.04. The molecule has 0 spiro atoms. The summed E-state index contributed by atoms with van der Waals surface area (Å²) in [6.07, 6.45) is 1.25. The summed E-state index contributed by atoms with van der Waals surface area (Å²) in [6, 6.07) is 6.99. The van der Waals surface area contributed by atoms with E-state index in [0.29, 0.717) is 21.5 Å². The molecule has 0 bridgehead atoms. The van der Waals surface area contributed by atoms with Crippen molar-refractivity contribution in [3.8, 4) is 0 Å². The summed E-state index contributed by atoms with van der Waals surface area (Å²) in [5.41, 5.74) is 0.444. The van der Waals surface area contributed by atoms with Gasteiger partial charge in [0.05, 0.1) is 29.3 Å². The Morgan fingerprint density at radius 3 is 2.61 bits per heavy atom. The van der Waals surface area contributed by atoms with Crippen molar-refractivity contribution >= 4 is 40.8 Å². The zero-order valence-electron chi connectivity index (χ0n) is 11.9. The van der Waals surface area contributed by atoms with Crippen molar-refractivity contribution < 1.29 is 19.1 Å². The molecule has 6 nitrogen and oxygen atoms in total. The highest BCUT2D eigenvalue weighted by atomic mass is 35.5. The van der Waals surface area contributed by atoms with Gasteiger partial charge in [-0.15, -0.1) is 0 Å². The number of aliphatic carboxylic acids is 1. The number of rotatable bonds is 7. The topological polar surface area (TPSA) is 91.6 Å². The standard InChI is InChI=1S/C15H14Cl2N2O4/c16-11-4-3-9(6-12(11)17)19-14(20)7-13(15(21)22)18-8-10-2-1-5-23-10/h1-6,13,18H,7-8H2,(H,19,20)(H,21,22). The SMILES string of the molecule is O=C(CC(NCc1ccco1)C(=O)O)Nc1ccc(Cl)c(Cl)c1. The molecule has 1 aromatic heterocycles. The molecule has 3 N–H and O–H groups in total. The van der Waals surface area contributed by atoms with Crippen LogP contribution in [-0.2, 0) is 16.1 Å². The van der Waals surface area contributed by atoms with E-state index in [1.807, 2.05) is 0 Å². The molecule has 1 aromatic carbocycles. The van der Waals surface area contributed by atoms with Crippen LogP contribution in [0, 0.1) is 0 Å². The van der Waals surface area contributed by atoms with Crippen LogP contribution in [0.25, 0.3) is 0 Å². The van der Waals surface area contributed by atoms with Gasteiger partial charge in [-0.1, -0.05) is 23.2 Å². The maximum absolute atomic E-state index is 12.0. The molecule has 0 saturated carbocycles. The van der Waals surface area contributed by atoms with Gasteiger partial charge in [-0.3, -0.25) is 14.9 Å². The number of carboxylic acids is 1. The molecule has 0 aliphatic rings. The zero-order valence-corrected chi connectivity index (χ0v) is 13.4. The van der Waals surface area contributed by atoms with Gasteiger partial charge in [-0.05, 0) is 30.3 Å². The minimum Gasteiger partial charge on any atom is -0.480 e. The molecule has 0 aliphatic heterocycles. The summed E-state index contributed by atoms with van der Waals surface area (Å²) >= 11 is 11.7. The third kappa shape index (κ3) is 5.28. The molecule has 2 rings (SSSR count). The number of nitrogens with one attached hydrogen (secondary N) is 2. The van der Waals surface area contributed by atoms with E-state index in [2.05, 4.69) is 10.6 Å². The van der Waals surface area contributed by atoms with E-state index in [4.69, 9.17) is 27.6 Å². The second-order valence-corrected chi connectivity index (χ2v) is 5.55. The number of anilines is 1. The summed E-state index contributed by atoms with van der Waals surface area (Å²) < 4.78 is 5.11. The molecule has 0 saturated heterocycles. The molecule has 1 heterocycles. The summed E-state index contributed by atoms with van der Waals surface area (Å²) in [7, 11) is 0. The van der Waals surface area contributed by atoms with Crippen LogP contribution < -0.4 is 10.6 Å². The van der Waals surface area contributed by atoms with Crippen molar-refractivity contribution in [2.45, 2.75) is 19.0 Å². The highest BCUT2D eigenvalue weighted by molar-refractivity contribution is 6.42. The fourth-order valence-electron chi connectivity index (χ4n) is 1.86. The zero-order chi connectivity index (χ0) is 16.8. The Morgan fingerprint density at radius 2 is 2.00 bits per heavy atom. The van der Waals surface area contributed by atoms with Gasteiger partial charge in [0.15, 0.2) is 0 Å². The number of carbonyl (C=O) groups excluding carboxylic acids is 1. The lowest BCUT2D eigenvalue weighted by atomic mass is 10.2. The van der Waals surface area contributed by atoms with Crippen LogP contribution in [0.3, 0.4) is 0 Å². The summed E-state index contributed by atoms with van der Waals surface area (Å²) in [5, 5.41) is 15.2. The first-order chi connectivity index (χ1) is 11.0. The predicted molar refractivity (Wildman–Crippen MR) is 86.7 cm³/mol. The Bertz CT molecular complexity index is 689. The van der Waals surface area contributed by atoms with Gasteiger partial charge in [0.2, 0.25) is 5.91 Å². The lowest BCUT2D eigenvalue weighted by Gasteiger charge is -2.14. The molecule has 8 heteroatoms. The molecule has 0 aliphatic carbocycles. The lowest BCUT2D eigenvalue weighted by Crippen LogP contribution is -2.39. The van der Waals surface area contributed by atoms with E-state index in [0.717, 1.165) is 0 Å². The molecule has 1 atom stereocenters. The van der Waals surface area contributed by atoms with E-state index in [1.54, 1.807) is 24.3 Å². The predicted octanol–water partition coefficient (Wildman–Crippen LogP) is 3.16. The quantitative estimate of drug-likeness (QED) is 0.708. The van der Waals surface area contributed by atoms with Crippen LogP contribution in [0.1, 0.15) is 12.2 Å². The van der Waals surface area contributed by atoms with Gasteiger partial charge in [0.1, 0.15) is 11.8 Å². The fraction of sp³-hybridized carbons (Fsp3) is 0.200. The number of carboxylic acid groups (broad SMARTS) is 1. The highest BCUT2D eigenvalue weighted by Crippen LogP contribution is 2.25. The second-order valence-electron chi connectivity index (χ2n) is 4.73. The van der Waals surface area contributed by atoms with Crippen LogP contribution in [0.15, 0.2) is 41.0 Å². The molecule has 0 fully saturated rings. The number of benzene rings is 1. The summed E-state index contributed by atoms with van der Waals surface area (Å²) in [4.78, 5) is 23.2. The highest BCUT2D eigenvalue weighted by Gasteiger charge is 2.21. The van der Waals surface area contributed by atoms with Gasteiger partial charge in [0.25, 0.3) is 0 Å². The Morgan fingerprint density at radius 1 is 1.22 bits per heavy atom. The van der Waals surface area contributed by atoms with Gasteiger partial charge >= 0.3 is 5.97 Å². The van der Waals surface area contributed by atoms with Crippen molar-refractivity contribution in [1.82, 2.24) is 5.32 Å². The number of carbonyl (C=O) groups is 2. The third-order valence-corrected chi connectivity index (χ3v) is 3.73. The van der Waals surface area contributed by atoms with E-state index < -0.39 is 17.9 Å². The maximum atomic E-state index is 12.0. The molecular weight excluding hydrogens is 343 g/mol. The smallest absolute Gasteiger partial charge is 0.321 e. The monoisotopic (exact) mass is 356 g/mol. The van der Waals surface area contributed by atoms with Crippen molar-refractivity contribution in [2.24, 2.45) is 0 Å². The number of halogens is 2. The first-order valence-corrected chi connectivity index (χ1v) is 7.45. The molecule has 122 valence electrons.